The summed E-state index contributed by atoms with van der Waals surface area (Å²) in [5.74, 6) is -2.08. The number of rotatable bonds is 6. The number of hydrogen-bond donors (Lipinski definition) is 6. The van der Waals surface area contributed by atoms with Crippen molar-refractivity contribution < 1.29 is 29.9 Å². The molecule has 0 saturated carbocycles. The molecule has 1 saturated heterocycles. The summed E-state index contributed by atoms with van der Waals surface area (Å²) in [4.78, 5) is 24.6. The predicted octanol–water partition coefficient (Wildman–Crippen LogP) is -3.20. The molecule has 8 N–H and O–H groups in total. The molecule has 1 fully saturated rings. The average molecular weight is 303 g/mol. The van der Waals surface area contributed by atoms with E-state index in [-0.39, 0.29) is 31.7 Å². The molecular weight excluding hydrogens is 281 g/mol. The third-order valence-electron chi connectivity index (χ3n) is 3.69. The van der Waals surface area contributed by atoms with Gasteiger partial charge in [-0.25, -0.2) is 0 Å². The second-order valence-electron chi connectivity index (χ2n) is 5.60. The van der Waals surface area contributed by atoms with E-state index in [4.69, 9.17) is 26.6 Å². The Balaban J connectivity index is 2.84. The van der Waals surface area contributed by atoms with Crippen LogP contribution in [0.1, 0.15) is 12.8 Å². The van der Waals surface area contributed by atoms with Gasteiger partial charge in [-0.3, -0.25) is 9.59 Å². The first kappa shape index (κ1) is 17.9. The highest BCUT2D eigenvalue weighted by molar-refractivity contribution is 6.40. The number of likely N-dealkylation sites (tertiary alicyclic amines) is 1. The second kappa shape index (κ2) is 7.18. The summed E-state index contributed by atoms with van der Waals surface area (Å²) in [6.45, 7) is -0.501. The molecule has 0 aliphatic carbocycles. The van der Waals surface area contributed by atoms with E-state index in [1.54, 1.807) is 0 Å². The lowest BCUT2D eigenvalue weighted by atomic mass is 9.75. The number of nitrogens with zero attached hydrogens (tertiary/aromatic N) is 1. The van der Waals surface area contributed by atoms with Gasteiger partial charge in [0.2, 0.25) is 5.91 Å². The zero-order valence-corrected chi connectivity index (χ0v) is 11.7. The standard InChI is InChI=1S/C11H22BN3O6/c13-8(5-16)9(17)15-4-7(1-2-12(20)21)3-11(14,6-15)10(18)19/h7-8,16,20-21H,1-6,13-14H2,(H,18,19)/t7-,8-,11+/m0/s1. The van der Waals surface area contributed by atoms with Gasteiger partial charge < -0.3 is 36.6 Å². The van der Waals surface area contributed by atoms with Gasteiger partial charge in [-0.05, 0) is 18.7 Å². The van der Waals surface area contributed by atoms with Crippen LogP contribution < -0.4 is 11.5 Å². The van der Waals surface area contributed by atoms with E-state index < -0.39 is 37.2 Å². The minimum absolute atomic E-state index is 0.0639. The van der Waals surface area contributed by atoms with E-state index in [1.165, 1.54) is 4.90 Å². The molecule has 0 radical (unpaired) electrons. The third-order valence-corrected chi connectivity index (χ3v) is 3.69. The second-order valence-corrected chi connectivity index (χ2v) is 5.60. The highest BCUT2D eigenvalue weighted by Crippen LogP contribution is 2.28. The van der Waals surface area contributed by atoms with Gasteiger partial charge in [0.15, 0.2) is 0 Å². The normalized spacial score (nSPS) is 27.3. The van der Waals surface area contributed by atoms with E-state index in [2.05, 4.69) is 0 Å². The molecule has 10 heteroatoms. The number of carboxylic acid groups (broad SMARTS) is 1. The van der Waals surface area contributed by atoms with Crippen molar-refractivity contribution in [3.63, 3.8) is 0 Å². The summed E-state index contributed by atoms with van der Waals surface area (Å²) < 4.78 is 0. The number of carbonyl (C=O) groups is 2. The number of piperidine rings is 1. The molecule has 1 amide bonds. The fraction of sp³-hybridized carbons (Fsp3) is 0.818. The highest BCUT2D eigenvalue weighted by atomic mass is 16.4. The Bertz CT molecular complexity index is 396. The first-order valence-corrected chi connectivity index (χ1v) is 6.73. The fourth-order valence-electron chi connectivity index (χ4n) is 2.57. The van der Waals surface area contributed by atoms with Gasteiger partial charge in [0.05, 0.1) is 6.61 Å². The molecule has 0 spiro atoms. The van der Waals surface area contributed by atoms with Crippen molar-refractivity contribution in [2.45, 2.75) is 30.7 Å². The van der Waals surface area contributed by atoms with E-state index >= 15 is 0 Å². The maximum Gasteiger partial charge on any atom is 0.451 e. The number of aliphatic hydroxyl groups excluding tert-OH is 1. The van der Waals surface area contributed by atoms with Crippen molar-refractivity contribution in [2.24, 2.45) is 17.4 Å². The van der Waals surface area contributed by atoms with Gasteiger partial charge in [0.1, 0.15) is 11.6 Å². The third kappa shape index (κ3) is 4.65. The molecule has 120 valence electrons. The number of aliphatic carboxylic acids is 1. The Morgan fingerprint density at radius 2 is 2.05 bits per heavy atom. The molecule has 0 aromatic carbocycles. The van der Waals surface area contributed by atoms with Gasteiger partial charge in [0, 0.05) is 13.1 Å². The van der Waals surface area contributed by atoms with Crippen LogP contribution in [0.15, 0.2) is 0 Å². The Kier molecular flexibility index (Phi) is 6.11. The van der Waals surface area contributed by atoms with Crippen LogP contribution in [0.5, 0.6) is 0 Å². The molecule has 0 aromatic rings. The lowest BCUT2D eigenvalue weighted by Crippen LogP contribution is -2.64. The van der Waals surface area contributed by atoms with Crippen LogP contribution >= 0.6 is 0 Å². The Hall–Kier alpha value is -1.20. The number of aliphatic hydroxyl groups is 1. The Labute approximate surface area is 122 Å². The fourth-order valence-corrected chi connectivity index (χ4v) is 2.57. The number of nitrogens with two attached hydrogens (primary N) is 2. The van der Waals surface area contributed by atoms with Crippen LogP contribution in [0, 0.1) is 5.92 Å². The first-order valence-electron chi connectivity index (χ1n) is 6.73. The van der Waals surface area contributed by atoms with Crippen molar-refractivity contribution in [3.8, 4) is 0 Å². The van der Waals surface area contributed by atoms with Crippen molar-refractivity contribution in [3.05, 3.63) is 0 Å². The van der Waals surface area contributed by atoms with Crippen LogP contribution in [0.25, 0.3) is 0 Å². The highest BCUT2D eigenvalue weighted by Gasteiger charge is 2.44. The number of carboxylic acids is 1. The zero-order valence-electron chi connectivity index (χ0n) is 11.7. The van der Waals surface area contributed by atoms with Gasteiger partial charge in [-0.15, -0.1) is 0 Å². The minimum atomic E-state index is -1.60. The van der Waals surface area contributed by atoms with Gasteiger partial charge in [-0.1, -0.05) is 6.42 Å². The molecular formula is C11H22BN3O6. The first-order chi connectivity index (χ1) is 9.69. The van der Waals surface area contributed by atoms with Crippen molar-refractivity contribution in [2.75, 3.05) is 19.7 Å². The number of amides is 1. The molecule has 1 aliphatic heterocycles. The van der Waals surface area contributed by atoms with Crippen molar-refractivity contribution in [1.29, 1.82) is 0 Å². The lowest BCUT2D eigenvalue weighted by molar-refractivity contribution is -0.149. The van der Waals surface area contributed by atoms with Crippen molar-refractivity contribution >= 4 is 19.0 Å². The molecule has 21 heavy (non-hydrogen) atoms. The van der Waals surface area contributed by atoms with Gasteiger partial charge in [0.25, 0.3) is 0 Å². The molecule has 0 unspecified atom stereocenters. The molecule has 0 bridgehead atoms. The topological polar surface area (TPSA) is 170 Å². The summed E-state index contributed by atoms with van der Waals surface area (Å²) in [5, 5.41) is 36.0. The van der Waals surface area contributed by atoms with Crippen LogP contribution in [0.2, 0.25) is 6.32 Å². The largest absolute Gasteiger partial charge is 0.480 e. The Morgan fingerprint density at radius 1 is 1.43 bits per heavy atom. The predicted molar refractivity (Wildman–Crippen MR) is 73.9 cm³/mol. The van der Waals surface area contributed by atoms with E-state index in [1.807, 2.05) is 0 Å². The van der Waals surface area contributed by atoms with Crippen LogP contribution in [0.3, 0.4) is 0 Å². The minimum Gasteiger partial charge on any atom is -0.480 e. The van der Waals surface area contributed by atoms with Gasteiger partial charge in [-0.2, -0.15) is 0 Å². The van der Waals surface area contributed by atoms with E-state index in [0.717, 1.165) is 0 Å². The van der Waals surface area contributed by atoms with Crippen LogP contribution in [0.4, 0.5) is 0 Å². The molecule has 0 aromatic heterocycles. The van der Waals surface area contributed by atoms with Gasteiger partial charge >= 0.3 is 13.1 Å². The number of carbonyl (C=O) groups excluding carboxylic acids is 1. The zero-order chi connectivity index (χ0) is 16.2. The molecule has 1 rings (SSSR count). The van der Waals surface area contributed by atoms with E-state index in [9.17, 15) is 14.7 Å². The average Bonchev–Trinajstić information content (AvgIpc) is 2.42. The lowest BCUT2D eigenvalue weighted by Gasteiger charge is -2.42. The molecule has 1 heterocycles. The quantitative estimate of drug-likeness (QED) is 0.278. The summed E-state index contributed by atoms with van der Waals surface area (Å²) in [6.07, 6.45) is 0.518. The van der Waals surface area contributed by atoms with Crippen LogP contribution in [-0.2, 0) is 9.59 Å². The van der Waals surface area contributed by atoms with Crippen LogP contribution in [-0.4, -0.2) is 75.4 Å². The number of hydrogen-bond acceptors (Lipinski definition) is 7. The monoisotopic (exact) mass is 303 g/mol. The summed E-state index contributed by atoms with van der Waals surface area (Å²) in [7, 11) is -1.49. The molecule has 9 nitrogen and oxygen atoms in total. The molecule has 3 atom stereocenters. The summed E-state index contributed by atoms with van der Waals surface area (Å²) in [6, 6.07) is -1.12. The smallest absolute Gasteiger partial charge is 0.451 e. The molecule has 1 aliphatic rings. The SMILES string of the molecule is N[C@@H](CO)C(=O)N1C[C@@H](CCB(O)O)C[C@](N)(C(=O)O)C1. The Morgan fingerprint density at radius 3 is 2.52 bits per heavy atom. The maximum atomic E-state index is 12.0. The summed E-state index contributed by atoms with van der Waals surface area (Å²) >= 11 is 0. The van der Waals surface area contributed by atoms with Crippen molar-refractivity contribution in [1.82, 2.24) is 4.90 Å². The maximum absolute atomic E-state index is 12.0. The van der Waals surface area contributed by atoms with E-state index in [0.29, 0.717) is 6.42 Å². The summed E-state index contributed by atoms with van der Waals surface area (Å²) in [5.41, 5.74) is 9.71.